The van der Waals surface area contributed by atoms with E-state index >= 15 is 0 Å². The average Bonchev–Trinajstić information content (AvgIpc) is 2.67. The number of rotatable bonds is 5. The second-order valence-corrected chi connectivity index (χ2v) is 5.76. The summed E-state index contributed by atoms with van der Waals surface area (Å²) in [7, 11) is 2.88. The Bertz CT molecular complexity index is 882. The van der Waals surface area contributed by atoms with Crippen LogP contribution in [-0.2, 0) is 9.59 Å². The van der Waals surface area contributed by atoms with Gasteiger partial charge in [-0.1, -0.05) is 12.1 Å². The molecule has 27 heavy (non-hydrogen) atoms. The molecule has 0 aliphatic heterocycles. The second-order valence-electron chi connectivity index (χ2n) is 5.76. The van der Waals surface area contributed by atoms with E-state index in [9.17, 15) is 14.7 Å². The van der Waals surface area contributed by atoms with Crippen LogP contribution < -0.4 is 14.2 Å². The Balaban J connectivity index is 2.02. The summed E-state index contributed by atoms with van der Waals surface area (Å²) in [5, 5.41) is 10.6. The molecule has 0 radical (unpaired) electrons. The number of benzene rings is 1. The lowest BCUT2D eigenvalue weighted by Crippen LogP contribution is -2.20. The van der Waals surface area contributed by atoms with E-state index in [1.807, 2.05) is 0 Å². The quantitative estimate of drug-likeness (QED) is 0.486. The van der Waals surface area contributed by atoms with Crippen molar-refractivity contribution in [1.82, 2.24) is 9.97 Å². The standard InChI is InChI=1S/C19H18N2O6/c1-25-15-10-16(26-2)21-19(20-15)27-14-9-4-3-6-11(14)18(24)17-12(22)7-5-8-13(17)23/h3-4,6,9-10,24H,5,7-8H2,1-2H3. The molecule has 0 unspecified atom stereocenters. The number of para-hydroxylation sites is 1. The summed E-state index contributed by atoms with van der Waals surface area (Å²) in [4.78, 5) is 32.4. The summed E-state index contributed by atoms with van der Waals surface area (Å²) < 4.78 is 15.8. The fourth-order valence-electron chi connectivity index (χ4n) is 2.70. The minimum absolute atomic E-state index is 0.0715. The van der Waals surface area contributed by atoms with Gasteiger partial charge in [0, 0.05) is 12.8 Å². The molecule has 8 nitrogen and oxygen atoms in total. The molecule has 1 heterocycles. The van der Waals surface area contributed by atoms with Gasteiger partial charge in [0.15, 0.2) is 11.6 Å². The van der Waals surface area contributed by atoms with E-state index in [4.69, 9.17) is 14.2 Å². The van der Waals surface area contributed by atoms with E-state index in [2.05, 4.69) is 9.97 Å². The Hall–Kier alpha value is -3.42. The van der Waals surface area contributed by atoms with Crippen molar-refractivity contribution in [3.05, 3.63) is 41.5 Å². The fourth-order valence-corrected chi connectivity index (χ4v) is 2.70. The third kappa shape index (κ3) is 3.89. The van der Waals surface area contributed by atoms with Gasteiger partial charge in [0.25, 0.3) is 0 Å². The molecule has 1 N–H and O–H groups in total. The molecule has 0 spiro atoms. The number of hydrogen-bond acceptors (Lipinski definition) is 8. The molecule has 2 aromatic rings. The summed E-state index contributed by atoms with van der Waals surface area (Å²) in [5.41, 5.74) is 0.00271. The van der Waals surface area contributed by atoms with Gasteiger partial charge < -0.3 is 19.3 Å². The molecule has 1 aliphatic rings. The number of aromatic nitrogens is 2. The zero-order valence-corrected chi connectivity index (χ0v) is 14.9. The van der Waals surface area contributed by atoms with Crippen LogP contribution in [-0.4, -0.2) is 40.9 Å². The summed E-state index contributed by atoms with van der Waals surface area (Å²) in [6, 6.07) is 7.86. The number of Topliss-reactive ketones (excluding diaryl/α,β-unsaturated/α-hetero) is 2. The first-order chi connectivity index (χ1) is 13.0. The van der Waals surface area contributed by atoms with Crippen molar-refractivity contribution in [3.8, 4) is 23.5 Å². The van der Waals surface area contributed by atoms with Crippen LogP contribution in [0.15, 0.2) is 35.9 Å². The number of aliphatic hydroxyl groups is 1. The van der Waals surface area contributed by atoms with Crippen molar-refractivity contribution >= 4 is 17.3 Å². The number of allylic oxidation sites excluding steroid dienone is 1. The normalized spacial score (nSPS) is 14.1. The van der Waals surface area contributed by atoms with Crippen molar-refractivity contribution < 1.29 is 28.9 Å². The Morgan fingerprint density at radius 1 is 1.00 bits per heavy atom. The van der Waals surface area contributed by atoms with Crippen molar-refractivity contribution in [2.75, 3.05) is 14.2 Å². The molecular weight excluding hydrogens is 352 g/mol. The number of ketones is 2. The van der Waals surface area contributed by atoms with Crippen LogP contribution in [0.5, 0.6) is 23.5 Å². The number of aliphatic hydroxyl groups excluding tert-OH is 1. The molecule has 1 aliphatic carbocycles. The molecule has 8 heteroatoms. The first-order valence-electron chi connectivity index (χ1n) is 8.27. The highest BCUT2D eigenvalue weighted by molar-refractivity contribution is 6.25. The van der Waals surface area contributed by atoms with Gasteiger partial charge in [-0.3, -0.25) is 9.59 Å². The highest BCUT2D eigenvalue weighted by Crippen LogP contribution is 2.33. The smallest absolute Gasteiger partial charge is 0.328 e. The van der Waals surface area contributed by atoms with Gasteiger partial charge >= 0.3 is 6.01 Å². The predicted octanol–water partition coefficient (Wildman–Crippen LogP) is 2.88. The van der Waals surface area contributed by atoms with Gasteiger partial charge in [-0.2, -0.15) is 9.97 Å². The maximum atomic E-state index is 12.1. The first-order valence-corrected chi connectivity index (χ1v) is 8.27. The average molecular weight is 370 g/mol. The van der Waals surface area contributed by atoms with Gasteiger partial charge in [-0.15, -0.1) is 0 Å². The molecule has 1 aromatic carbocycles. The van der Waals surface area contributed by atoms with Crippen LogP contribution in [0.25, 0.3) is 5.76 Å². The second kappa shape index (κ2) is 7.86. The maximum Gasteiger partial charge on any atom is 0.328 e. The molecule has 0 bridgehead atoms. The minimum Gasteiger partial charge on any atom is -0.506 e. The van der Waals surface area contributed by atoms with Crippen LogP contribution in [0, 0.1) is 0 Å². The van der Waals surface area contributed by atoms with E-state index in [1.165, 1.54) is 20.3 Å². The molecule has 140 valence electrons. The SMILES string of the molecule is COc1cc(OC)nc(Oc2ccccc2C(O)=C2C(=O)CCCC2=O)n1. The number of nitrogens with zero attached hydrogens (tertiary/aromatic N) is 2. The van der Waals surface area contributed by atoms with Crippen LogP contribution in [0.2, 0.25) is 0 Å². The summed E-state index contributed by atoms with van der Waals surface area (Å²) in [6.07, 6.45) is 0.943. The van der Waals surface area contributed by atoms with E-state index in [0.717, 1.165) is 0 Å². The van der Waals surface area contributed by atoms with Crippen LogP contribution >= 0.6 is 0 Å². The molecule has 1 aromatic heterocycles. The number of ether oxygens (including phenoxy) is 3. The molecule has 1 saturated carbocycles. The van der Waals surface area contributed by atoms with Crippen molar-refractivity contribution in [3.63, 3.8) is 0 Å². The Morgan fingerprint density at radius 3 is 2.19 bits per heavy atom. The zero-order chi connectivity index (χ0) is 19.4. The van der Waals surface area contributed by atoms with Crippen LogP contribution in [0.3, 0.4) is 0 Å². The molecule has 0 saturated heterocycles. The van der Waals surface area contributed by atoms with E-state index in [0.29, 0.717) is 6.42 Å². The monoisotopic (exact) mass is 370 g/mol. The Labute approximate surface area is 155 Å². The molecule has 0 amide bonds. The van der Waals surface area contributed by atoms with Crippen molar-refractivity contribution in [2.45, 2.75) is 19.3 Å². The van der Waals surface area contributed by atoms with Crippen molar-refractivity contribution in [2.24, 2.45) is 0 Å². The third-order valence-corrected chi connectivity index (χ3v) is 4.02. The van der Waals surface area contributed by atoms with Gasteiger partial charge in [0.2, 0.25) is 11.8 Å². The molecular formula is C19H18N2O6. The van der Waals surface area contributed by atoms with Gasteiger partial charge in [-0.25, -0.2) is 0 Å². The van der Waals surface area contributed by atoms with E-state index in [1.54, 1.807) is 24.3 Å². The molecule has 0 atom stereocenters. The number of carbonyl (C=O) groups is 2. The zero-order valence-electron chi connectivity index (χ0n) is 14.9. The van der Waals surface area contributed by atoms with E-state index < -0.39 is 5.76 Å². The number of methoxy groups -OCH3 is 2. The Morgan fingerprint density at radius 2 is 1.59 bits per heavy atom. The maximum absolute atomic E-state index is 12.1. The van der Waals surface area contributed by atoms with Crippen LogP contribution in [0.1, 0.15) is 24.8 Å². The first kappa shape index (κ1) is 18.4. The highest BCUT2D eigenvalue weighted by atomic mass is 16.5. The summed E-state index contributed by atoms with van der Waals surface area (Å²) >= 11 is 0. The topological polar surface area (TPSA) is 108 Å². The van der Waals surface area contributed by atoms with Gasteiger partial charge in [-0.05, 0) is 18.6 Å². The molecule has 1 fully saturated rings. The van der Waals surface area contributed by atoms with Gasteiger partial charge in [0.05, 0.1) is 25.8 Å². The van der Waals surface area contributed by atoms with E-state index in [-0.39, 0.29) is 59.1 Å². The molecule has 3 rings (SSSR count). The summed E-state index contributed by atoms with van der Waals surface area (Å²) in [6.45, 7) is 0. The van der Waals surface area contributed by atoms with Crippen LogP contribution in [0.4, 0.5) is 0 Å². The highest BCUT2D eigenvalue weighted by Gasteiger charge is 2.28. The summed E-state index contributed by atoms with van der Waals surface area (Å²) in [5.74, 6) is -0.515. The lowest BCUT2D eigenvalue weighted by atomic mass is 9.89. The lowest BCUT2D eigenvalue weighted by molar-refractivity contribution is -0.123. The number of hydrogen-bond donors (Lipinski definition) is 1. The Kier molecular flexibility index (Phi) is 5.35. The minimum atomic E-state index is -0.407. The fraction of sp³-hybridized carbons (Fsp3) is 0.263. The predicted molar refractivity (Wildman–Crippen MR) is 95.1 cm³/mol. The van der Waals surface area contributed by atoms with Crippen molar-refractivity contribution in [1.29, 1.82) is 0 Å². The largest absolute Gasteiger partial charge is 0.506 e. The number of carbonyl (C=O) groups excluding carboxylic acids is 2. The van der Waals surface area contributed by atoms with Gasteiger partial charge in [0.1, 0.15) is 17.1 Å². The lowest BCUT2D eigenvalue weighted by Gasteiger charge is -2.16. The third-order valence-electron chi connectivity index (χ3n) is 4.02.